The first-order chi connectivity index (χ1) is 17.2. The second-order valence-electron chi connectivity index (χ2n) is 10.0. The lowest BCUT2D eigenvalue weighted by atomic mass is 10.0. The Labute approximate surface area is 211 Å². The number of nitrogens with zero attached hydrogens (tertiary/aromatic N) is 3. The molecule has 0 bridgehead atoms. The van der Waals surface area contributed by atoms with Gasteiger partial charge in [0.1, 0.15) is 18.0 Å². The van der Waals surface area contributed by atoms with Gasteiger partial charge in [-0.2, -0.15) is 0 Å². The molecule has 1 aliphatic heterocycles. The first kappa shape index (κ1) is 26.1. The molecule has 1 fully saturated rings. The summed E-state index contributed by atoms with van der Waals surface area (Å²) in [7, 11) is 1.72. The number of aliphatic hydroxyl groups excluding tert-OH is 1. The highest BCUT2D eigenvalue weighted by molar-refractivity contribution is 5.81. The summed E-state index contributed by atoms with van der Waals surface area (Å²) in [5.41, 5.74) is 4.04. The maximum atomic E-state index is 12.8. The van der Waals surface area contributed by atoms with E-state index >= 15 is 0 Å². The van der Waals surface area contributed by atoms with Crippen LogP contribution in [-0.2, 0) is 27.9 Å². The molecule has 3 aromatic rings. The van der Waals surface area contributed by atoms with Gasteiger partial charge in [-0.15, -0.1) is 0 Å². The smallest absolute Gasteiger partial charge is 0.323 e. The average molecular weight is 497 g/mol. The quantitative estimate of drug-likeness (QED) is 0.439. The summed E-state index contributed by atoms with van der Waals surface area (Å²) in [5, 5.41) is 13.3. The van der Waals surface area contributed by atoms with E-state index in [0.29, 0.717) is 31.1 Å². The number of nitrogens with one attached hydrogen (secondary N) is 1. The van der Waals surface area contributed by atoms with Crippen LogP contribution in [0.25, 0.3) is 22.4 Å². The molecule has 36 heavy (non-hydrogen) atoms. The Kier molecular flexibility index (Phi) is 7.92. The molecule has 0 amide bonds. The second-order valence-corrected chi connectivity index (χ2v) is 10.0. The van der Waals surface area contributed by atoms with Crippen LogP contribution >= 0.6 is 0 Å². The zero-order valence-corrected chi connectivity index (χ0v) is 21.7. The Hall–Kier alpha value is -3.01. The fourth-order valence-electron chi connectivity index (χ4n) is 4.65. The molecule has 1 saturated heterocycles. The standard InChI is InChI=1S/C27H36N4O5/c1-16(2)24(27(34)36-21-8-9-35-15-21)28-12-19-6-7-23-22(11-19)29-25(31(23)18(4)14-32)20-10-17(3)26(33)30(5)13-20/h6-7,10-11,13,16,18,21,24,28,32H,8-9,12,14-15H2,1-5H3. The van der Waals surface area contributed by atoms with E-state index in [1.807, 2.05) is 49.6 Å². The summed E-state index contributed by atoms with van der Waals surface area (Å²) < 4.78 is 14.5. The Balaban J connectivity index is 1.61. The van der Waals surface area contributed by atoms with Crippen LogP contribution in [0.3, 0.4) is 0 Å². The van der Waals surface area contributed by atoms with Crippen molar-refractivity contribution in [3.63, 3.8) is 0 Å². The minimum absolute atomic E-state index is 0.0449. The molecule has 0 spiro atoms. The van der Waals surface area contributed by atoms with Gasteiger partial charge in [-0.3, -0.25) is 9.59 Å². The number of esters is 1. The molecule has 3 unspecified atom stereocenters. The third-order valence-electron chi connectivity index (χ3n) is 6.70. The van der Waals surface area contributed by atoms with Gasteiger partial charge in [-0.25, -0.2) is 4.98 Å². The number of ether oxygens (including phenoxy) is 2. The lowest BCUT2D eigenvalue weighted by Crippen LogP contribution is -2.43. The van der Waals surface area contributed by atoms with Crippen molar-refractivity contribution in [1.29, 1.82) is 0 Å². The monoisotopic (exact) mass is 496 g/mol. The number of aryl methyl sites for hydroxylation is 2. The van der Waals surface area contributed by atoms with E-state index in [2.05, 4.69) is 5.32 Å². The van der Waals surface area contributed by atoms with E-state index in [0.717, 1.165) is 28.6 Å². The number of benzene rings is 1. The molecular weight excluding hydrogens is 460 g/mol. The van der Waals surface area contributed by atoms with Gasteiger partial charge in [0, 0.05) is 37.3 Å². The molecule has 3 heterocycles. The number of aromatic nitrogens is 3. The molecule has 1 aromatic carbocycles. The molecular formula is C27H36N4O5. The van der Waals surface area contributed by atoms with Crippen molar-refractivity contribution >= 4 is 17.0 Å². The number of hydrogen-bond donors (Lipinski definition) is 2. The predicted molar refractivity (Wildman–Crippen MR) is 138 cm³/mol. The fraction of sp³-hybridized carbons (Fsp3) is 0.519. The van der Waals surface area contributed by atoms with Crippen LogP contribution in [0.1, 0.15) is 44.4 Å². The normalized spacial score (nSPS) is 17.6. The summed E-state index contributed by atoms with van der Waals surface area (Å²) in [6, 6.07) is 7.18. The van der Waals surface area contributed by atoms with Gasteiger partial charge in [0.2, 0.25) is 0 Å². The topological polar surface area (TPSA) is 108 Å². The number of carbonyl (C=O) groups excluding carboxylic acids is 1. The second kappa shape index (κ2) is 10.9. The number of aliphatic hydroxyl groups is 1. The zero-order valence-electron chi connectivity index (χ0n) is 21.7. The van der Waals surface area contributed by atoms with E-state index in [1.54, 1.807) is 24.7 Å². The number of hydrogen-bond acceptors (Lipinski definition) is 7. The van der Waals surface area contributed by atoms with Crippen LogP contribution in [0.2, 0.25) is 0 Å². The van der Waals surface area contributed by atoms with Gasteiger partial charge >= 0.3 is 5.97 Å². The lowest BCUT2D eigenvalue weighted by molar-refractivity contribution is -0.152. The largest absolute Gasteiger partial charge is 0.459 e. The molecule has 3 atom stereocenters. The van der Waals surface area contributed by atoms with Crippen LogP contribution in [0.4, 0.5) is 0 Å². The number of carbonyl (C=O) groups is 1. The van der Waals surface area contributed by atoms with Gasteiger partial charge < -0.3 is 29.0 Å². The highest BCUT2D eigenvalue weighted by Crippen LogP contribution is 2.29. The van der Waals surface area contributed by atoms with Gasteiger partial charge in [0.15, 0.2) is 0 Å². The zero-order chi connectivity index (χ0) is 26.0. The highest BCUT2D eigenvalue weighted by Gasteiger charge is 2.28. The summed E-state index contributed by atoms with van der Waals surface area (Å²) in [5.74, 6) is 0.500. The predicted octanol–water partition coefficient (Wildman–Crippen LogP) is 2.71. The van der Waals surface area contributed by atoms with Crippen LogP contribution in [-0.4, -0.2) is 57.2 Å². The molecule has 1 aliphatic rings. The first-order valence-corrected chi connectivity index (χ1v) is 12.5. The molecule has 4 rings (SSSR count). The van der Waals surface area contributed by atoms with Crippen LogP contribution in [0.5, 0.6) is 0 Å². The fourth-order valence-corrected chi connectivity index (χ4v) is 4.65. The van der Waals surface area contributed by atoms with Gasteiger partial charge in [0.25, 0.3) is 5.56 Å². The Bertz CT molecular complexity index is 1260. The molecule has 194 valence electrons. The average Bonchev–Trinajstić information content (AvgIpc) is 3.49. The van der Waals surface area contributed by atoms with E-state index in [4.69, 9.17) is 14.5 Å². The third kappa shape index (κ3) is 5.38. The van der Waals surface area contributed by atoms with Crippen molar-refractivity contribution in [2.24, 2.45) is 13.0 Å². The Morgan fingerprint density at radius 2 is 2.08 bits per heavy atom. The van der Waals surface area contributed by atoms with Crippen molar-refractivity contribution in [2.45, 2.75) is 58.8 Å². The van der Waals surface area contributed by atoms with E-state index in [-0.39, 0.29) is 36.2 Å². The van der Waals surface area contributed by atoms with Crippen molar-refractivity contribution in [3.05, 3.63) is 51.9 Å². The van der Waals surface area contributed by atoms with Crippen molar-refractivity contribution < 1.29 is 19.4 Å². The van der Waals surface area contributed by atoms with Crippen molar-refractivity contribution in [3.8, 4) is 11.4 Å². The maximum Gasteiger partial charge on any atom is 0.323 e. The molecule has 9 heteroatoms. The van der Waals surface area contributed by atoms with Crippen LogP contribution in [0.15, 0.2) is 35.3 Å². The minimum Gasteiger partial charge on any atom is -0.459 e. The van der Waals surface area contributed by atoms with E-state index in [1.165, 1.54) is 0 Å². The molecule has 2 N–H and O–H groups in total. The van der Waals surface area contributed by atoms with Crippen molar-refractivity contribution in [2.75, 3.05) is 19.8 Å². The molecule has 0 saturated carbocycles. The molecule has 0 aliphatic carbocycles. The lowest BCUT2D eigenvalue weighted by Gasteiger charge is -2.22. The maximum absolute atomic E-state index is 12.8. The third-order valence-corrected chi connectivity index (χ3v) is 6.70. The van der Waals surface area contributed by atoms with E-state index in [9.17, 15) is 14.7 Å². The summed E-state index contributed by atoms with van der Waals surface area (Å²) in [6.45, 7) is 9.22. The van der Waals surface area contributed by atoms with Gasteiger partial charge in [0.05, 0.1) is 36.9 Å². The number of pyridine rings is 1. The summed E-state index contributed by atoms with van der Waals surface area (Å²) in [6.07, 6.45) is 2.34. The number of fused-ring (bicyclic) bond motifs is 1. The molecule has 0 radical (unpaired) electrons. The minimum atomic E-state index is -0.433. The SMILES string of the molecule is Cc1cc(-c2nc3cc(CNC(C(=O)OC4CCOC4)C(C)C)ccc3n2C(C)CO)cn(C)c1=O. The van der Waals surface area contributed by atoms with Crippen molar-refractivity contribution in [1.82, 2.24) is 19.4 Å². The molecule has 9 nitrogen and oxygen atoms in total. The van der Waals surface area contributed by atoms with Crippen LogP contribution in [0, 0.1) is 12.8 Å². The van der Waals surface area contributed by atoms with Gasteiger partial charge in [-0.1, -0.05) is 19.9 Å². The number of imidazole rings is 1. The van der Waals surface area contributed by atoms with Gasteiger partial charge in [-0.05, 0) is 43.5 Å². The Morgan fingerprint density at radius 1 is 1.31 bits per heavy atom. The number of rotatable bonds is 9. The first-order valence-electron chi connectivity index (χ1n) is 12.5. The summed E-state index contributed by atoms with van der Waals surface area (Å²) >= 11 is 0. The molecule has 2 aromatic heterocycles. The highest BCUT2D eigenvalue weighted by atomic mass is 16.6. The van der Waals surface area contributed by atoms with Crippen LogP contribution < -0.4 is 10.9 Å². The Morgan fingerprint density at radius 3 is 2.72 bits per heavy atom. The summed E-state index contributed by atoms with van der Waals surface area (Å²) in [4.78, 5) is 29.9. The van der Waals surface area contributed by atoms with E-state index < -0.39 is 6.04 Å².